The highest BCUT2D eigenvalue weighted by atomic mass is 35.5. The molecule has 3 nitrogen and oxygen atoms in total. The minimum absolute atomic E-state index is 0.224. The van der Waals surface area contributed by atoms with Gasteiger partial charge in [-0.3, -0.25) is 0 Å². The first-order valence-corrected chi connectivity index (χ1v) is 10.6. The maximum absolute atomic E-state index is 12.7. The molecule has 150 valence electrons. The summed E-state index contributed by atoms with van der Waals surface area (Å²) in [5.74, 6) is 0. The summed E-state index contributed by atoms with van der Waals surface area (Å²) in [6, 6.07) is 9.83. The third-order valence-electron chi connectivity index (χ3n) is 5.78. The van der Waals surface area contributed by atoms with Gasteiger partial charge in [0.05, 0.1) is 6.26 Å². The number of benzene rings is 2. The van der Waals surface area contributed by atoms with Crippen LogP contribution in [0.5, 0.6) is 0 Å². The van der Waals surface area contributed by atoms with Gasteiger partial charge < -0.3 is 8.83 Å². The van der Waals surface area contributed by atoms with Crippen LogP contribution in [0.3, 0.4) is 0 Å². The number of hydrogen-bond acceptors (Lipinski definition) is 3. The molecule has 0 aliphatic rings. The zero-order valence-corrected chi connectivity index (χ0v) is 17.9. The fourth-order valence-electron chi connectivity index (χ4n) is 4.07. The molecule has 0 atom stereocenters. The summed E-state index contributed by atoms with van der Waals surface area (Å²) in [5.41, 5.74) is 5.87. The molecule has 0 aliphatic heterocycles. The maximum Gasteiger partial charge on any atom is 0.339 e. The van der Waals surface area contributed by atoms with Crippen molar-refractivity contribution in [2.45, 2.75) is 52.9 Å². The van der Waals surface area contributed by atoms with E-state index < -0.39 is 0 Å². The number of hydrogen-bond donors (Lipinski definition) is 0. The molecule has 0 unspecified atom stereocenters. The van der Waals surface area contributed by atoms with Gasteiger partial charge in [-0.1, -0.05) is 49.9 Å². The number of fused-ring (bicyclic) bond motifs is 2. The fraction of sp³-hybridized carbons (Fsp3) is 0.320. The predicted octanol–water partition coefficient (Wildman–Crippen LogP) is 7.60. The molecule has 2 aromatic heterocycles. The summed E-state index contributed by atoms with van der Waals surface area (Å²) >= 11 is 6.04. The van der Waals surface area contributed by atoms with Crippen molar-refractivity contribution >= 4 is 33.5 Å². The van der Waals surface area contributed by atoms with E-state index >= 15 is 0 Å². The van der Waals surface area contributed by atoms with Gasteiger partial charge in [0.15, 0.2) is 0 Å². The predicted molar refractivity (Wildman–Crippen MR) is 120 cm³/mol. The molecule has 0 aliphatic carbocycles. The second-order valence-electron chi connectivity index (χ2n) is 7.71. The Morgan fingerprint density at radius 2 is 1.69 bits per heavy atom. The topological polar surface area (TPSA) is 43.4 Å². The smallest absolute Gasteiger partial charge is 0.339 e. The number of unbranched alkanes of at least 4 members (excludes halogenated alkanes) is 3. The largest absolute Gasteiger partial charge is 0.463 e. The lowest BCUT2D eigenvalue weighted by Crippen LogP contribution is -2.10. The summed E-state index contributed by atoms with van der Waals surface area (Å²) < 4.78 is 11.6. The number of rotatable bonds is 6. The van der Waals surface area contributed by atoms with Crippen molar-refractivity contribution in [1.82, 2.24) is 0 Å². The lowest BCUT2D eigenvalue weighted by molar-refractivity contribution is 0.539. The van der Waals surface area contributed by atoms with E-state index in [1.165, 1.54) is 12.8 Å². The third kappa shape index (κ3) is 3.60. The van der Waals surface area contributed by atoms with Gasteiger partial charge >= 0.3 is 5.63 Å². The van der Waals surface area contributed by atoms with Crippen LogP contribution in [0.2, 0.25) is 5.02 Å². The molecule has 0 saturated carbocycles. The van der Waals surface area contributed by atoms with Gasteiger partial charge in [-0.25, -0.2) is 4.79 Å². The molecule has 4 aromatic rings. The highest BCUT2D eigenvalue weighted by Crippen LogP contribution is 2.37. The zero-order chi connectivity index (χ0) is 20.5. The standard InChI is InChI=1S/C25H25ClO3/c1-4-5-6-7-8-19-15(2)20-13-21-22(17-9-11-18(26)12-10-17)14-28-23(21)16(3)24(20)29-25(19)27/h9-14H,4-8H2,1-3H3. The van der Waals surface area contributed by atoms with E-state index in [1.54, 1.807) is 6.26 Å². The first-order valence-electron chi connectivity index (χ1n) is 10.2. The van der Waals surface area contributed by atoms with Crippen molar-refractivity contribution in [1.29, 1.82) is 0 Å². The molecule has 2 aromatic carbocycles. The minimum atomic E-state index is -0.224. The first kappa shape index (κ1) is 19.8. The van der Waals surface area contributed by atoms with Crippen LogP contribution in [0, 0.1) is 13.8 Å². The Kier molecular flexibility index (Phi) is 5.51. The molecule has 0 spiro atoms. The molecule has 4 heteroatoms. The molecule has 0 saturated heterocycles. The number of furan rings is 1. The number of halogens is 1. The molecule has 0 radical (unpaired) electrons. The SMILES string of the molecule is CCCCCCc1c(C)c2cc3c(-c4ccc(Cl)cc4)coc3c(C)c2oc1=O. The van der Waals surface area contributed by atoms with Crippen LogP contribution in [0.4, 0.5) is 0 Å². The monoisotopic (exact) mass is 408 g/mol. The van der Waals surface area contributed by atoms with E-state index in [0.717, 1.165) is 63.4 Å². The summed E-state index contributed by atoms with van der Waals surface area (Å²) in [5, 5.41) is 2.71. The molecule has 0 amide bonds. The Labute approximate surface area is 175 Å². The Morgan fingerprint density at radius 3 is 2.41 bits per heavy atom. The van der Waals surface area contributed by atoms with Crippen LogP contribution in [0.15, 0.2) is 50.2 Å². The van der Waals surface area contributed by atoms with E-state index in [-0.39, 0.29) is 5.63 Å². The van der Waals surface area contributed by atoms with Gasteiger partial charge in [0.25, 0.3) is 0 Å². The third-order valence-corrected chi connectivity index (χ3v) is 6.03. The molecule has 0 N–H and O–H groups in total. The van der Waals surface area contributed by atoms with E-state index in [4.69, 9.17) is 20.4 Å². The van der Waals surface area contributed by atoms with Crippen LogP contribution >= 0.6 is 11.6 Å². The average Bonchev–Trinajstić information content (AvgIpc) is 3.13. The van der Waals surface area contributed by atoms with Gasteiger partial charge in [0.1, 0.15) is 11.2 Å². The van der Waals surface area contributed by atoms with Crippen molar-refractivity contribution in [3.63, 3.8) is 0 Å². The second-order valence-corrected chi connectivity index (χ2v) is 8.15. The summed E-state index contributed by atoms with van der Waals surface area (Å²) in [4.78, 5) is 12.7. The minimum Gasteiger partial charge on any atom is -0.463 e. The normalized spacial score (nSPS) is 11.6. The average molecular weight is 409 g/mol. The van der Waals surface area contributed by atoms with Crippen molar-refractivity contribution in [3.8, 4) is 11.1 Å². The van der Waals surface area contributed by atoms with E-state index in [2.05, 4.69) is 13.0 Å². The van der Waals surface area contributed by atoms with Crippen molar-refractivity contribution in [2.24, 2.45) is 0 Å². The zero-order valence-electron chi connectivity index (χ0n) is 17.1. The summed E-state index contributed by atoms with van der Waals surface area (Å²) in [6.07, 6.45) is 7.03. The van der Waals surface area contributed by atoms with Crippen LogP contribution in [0.25, 0.3) is 33.1 Å². The molecule has 4 rings (SSSR count). The second kappa shape index (κ2) is 8.08. The molecular weight excluding hydrogens is 384 g/mol. The maximum atomic E-state index is 12.7. The van der Waals surface area contributed by atoms with Gasteiger partial charge in [-0.15, -0.1) is 0 Å². The molecule has 2 heterocycles. The lowest BCUT2D eigenvalue weighted by Gasteiger charge is -2.10. The van der Waals surface area contributed by atoms with Gasteiger partial charge in [-0.2, -0.15) is 0 Å². The van der Waals surface area contributed by atoms with Gasteiger partial charge in [0, 0.05) is 32.5 Å². The van der Waals surface area contributed by atoms with Crippen LogP contribution in [-0.2, 0) is 6.42 Å². The van der Waals surface area contributed by atoms with E-state index in [9.17, 15) is 4.79 Å². The Bertz CT molecular complexity index is 1230. The van der Waals surface area contributed by atoms with Crippen molar-refractivity contribution in [2.75, 3.05) is 0 Å². The highest BCUT2D eigenvalue weighted by Gasteiger charge is 2.18. The Balaban J connectivity index is 1.88. The summed E-state index contributed by atoms with van der Waals surface area (Å²) in [7, 11) is 0. The van der Waals surface area contributed by atoms with Crippen LogP contribution < -0.4 is 5.63 Å². The van der Waals surface area contributed by atoms with Crippen LogP contribution in [-0.4, -0.2) is 0 Å². The number of aryl methyl sites for hydroxylation is 2. The molecule has 0 bridgehead atoms. The van der Waals surface area contributed by atoms with Gasteiger partial charge in [0.2, 0.25) is 0 Å². The Morgan fingerprint density at radius 1 is 0.931 bits per heavy atom. The first-order chi connectivity index (χ1) is 14.0. The molecule has 0 fully saturated rings. The van der Waals surface area contributed by atoms with Crippen molar-refractivity contribution in [3.05, 3.63) is 68.7 Å². The van der Waals surface area contributed by atoms with Crippen molar-refractivity contribution < 1.29 is 8.83 Å². The summed E-state index contributed by atoms with van der Waals surface area (Å²) in [6.45, 7) is 6.16. The van der Waals surface area contributed by atoms with E-state index in [0.29, 0.717) is 10.6 Å². The molecular formula is C25H25ClO3. The van der Waals surface area contributed by atoms with Gasteiger partial charge in [-0.05, 0) is 56.0 Å². The Hall–Kier alpha value is -2.52. The quantitative estimate of drug-likeness (QED) is 0.243. The lowest BCUT2D eigenvalue weighted by atomic mass is 9.96. The van der Waals surface area contributed by atoms with Crippen LogP contribution in [0.1, 0.15) is 49.3 Å². The molecule has 29 heavy (non-hydrogen) atoms. The van der Waals surface area contributed by atoms with E-state index in [1.807, 2.05) is 38.1 Å². The highest BCUT2D eigenvalue weighted by molar-refractivity contribution is 6.30. The fourth-order valence-corrected chi connectivity index (χ4v) is 4.19.